The molecule has 2 aromatic carbocycles. The van der Waals surface area contributed by atoms with Gasteiger partial charge in [0.15, 0.2) is 5.58 Å². The summed E-state index contributed by atoms with van der Waals surface area (Å²) in [7, 11) is 1.73. The number of nitrogens with zero attached hydrogens (tertiary/aromatic N) is 3. The molecule has 7 heteroatoms. The third kappa shape index (κ3) is 3.43. The fourth-order valence-corrected chi connectivity index (χ4v) is 4.88. The number of hydrogen-bond acceptors (Lipinski definition) is 5. The van der Waals surface area contributed by atoms with Crippen molar-refractivity contribution >= 4 is 27.8 Å². The molecule has 1 aliphatic rings. The highest BCUT2D eigenvalue weighted by Crippen LogP contribution is 2.30. The Morgan fingerprint density at radius 1 is 1.13 bits per heavy atom. The van der Waals surface area contributed by atoms with Gasteiger partial charge in [0.2, 0.25) is 0 Å². The number of aryl methyl sites for hydroxylation is 1. The fourth-order valence-electron chi connectivity index (χ4n) is 4.88. The van der Waals surface area contributed by atoms with Crippen LogP contribution in [0.15, 0.2) is 56.3 Å². The first-order valence-electron chi connectivity index (χ1n) is 10.7. The second-order valence-corrected chi connectivity index (χ2v) is 8.54. The smallest absolute Gasteiger partial charge is 0.419 e. The maximum Gasteiger partial charge on any atom is 0.419 e. The second kappa shape index (κ2) is 7.57. The number of rotatable bonds is 4. The number of fused-ring (bicyclic) bond motifs is 2. The summed E-state index contributed by atoms with van der Waals surface area (Å²) >= 11 is 0. The van der Waals surface area contributed by atoms with Crippen LogP contribution in [0.4, 0.5) is 10.1 Å². The Hall–Kier alpha value is -3.06. The Labute approximate surface area is 179 Å². The van der Waals surface area contributed by atoms with E-state index in [0.717, 1.165) is 53.8 Å². The summed E-state index contributed by atoms with van der Waals surface area (Å²) in [4.78, 5) is 16.8. The molecule has 0 unspecified atom stereocenters. The van der Waals surface area contributed by atoms with Crippen molar-refractivity contribution in [2.45, 2.75) is 32.4 Å². The molecule has 0 amide bonds. The summed E-state index contributed by atoms with van der Waals surface area (Å²) in [5.41, 5.74) is 4.18. The van der Waals surface area contributed by atoms with Gasteiger partial charge in [-0.2, -0.15) is 0 Å². The van der Waals surface area contributed by atoms with Gasteiger partial charge in [-0.1, -0.05) is 6.07 Å². The zero-order chi connectivity index (χ0) is 21.7. The standard InChI is InChI=1S/C24H26FN3O3/c1-15-12-27(21-6-4-5-20-23(21)31-24(29)26(20)3)13-16(2)28(15)10-9-17-14-30-22-8-7-18(25)11-19(17)22/h4-8,11,14-16H,9-10,12-13H2,1-3H3/t15-,16+. The van der Waals surface area contributed by atoms with Crippen LogP contribution in [-0.2, 0) is 13.5 Å². The lowest BCUT2D eigenvalue weighted by atomic mass is 10.0. The largest absolute Gasteiger partial charge is 0.464 e. The van der Waals surface area contributed by atoms with Crippen molar-refractivity contribution in [2.75, 3.05) is 24.5 Å². The molecule has 2 atom stereocenters. The maximum atomic E-state index is 13.7. The van der Waals surface area contributed by atoms with E-state index in [2.05, 4.69) is 23.6 Å². The average Bonchev–Trinajstić information content (AvgIpc) is 3.27. The van der Waals surface area contributed by atoms with Crippen molar-refractivity contribution in [3.63, 3.8) is 0 Å². The molecule has 0 bridgehead atoms. The van der Waals surface area contributed by atoms with E-state index in [1.54, 1.807) is 30.0 Å². The van der Waals surface area contributed by atoms with E-state index in [0.29, 0.717) is 17.7 Å². The Kier molecular flexibility index (Phi) is 4.85. The van der Waals surface area contributed by atoms with E-state index in [4.69, 9.17) is 8.83 Å². The normalized spacial score (nSPS) is 20.2. The molecule has 31 heavy (non-hydrogen) atoms. The quantitative estimate of drug-likeness (QED) is 0.493. The summed E-state index contributed by atoms with van der Waals surface area (Å²) in [6.07, 6.45) is 2.54. The number of para-hydroxylation sites is 1. The van der Waals surface area contributed by atoms with Crippen LogP contribution in [0.2, 0.25) is 0 Å². The number of aromatic nitrogens is 1. The average molecular weight is 423 g/mol. The number of anilines is 1. The summed E-state index contributed by atoms with van der Waals surface area (Å²) in [5, 5.41) is 0.852. The molecule has 2 aromatic heterocycles. The first-order chi connectivity index (χ1) is 14.9. The molecule has 0 saturated carbocycles. The Bertz CT molecular complexity index is 1290. The molecule has 3 heterocycles. The lowest BCUT2D eigenvalue weighted by molar-refractivity contribution is 0.133. The SMILES string of the molecule is C[C@@H]1CN(c2cccc3c2oc(=O)n3C)C[C@H](C)N1CCc1coc2ccc(F)cc12. The number of halogens is 1. The van der Waals surface area contributed by atoms with Gasteiger partial charge < -0.3 is 13.7 Å². The van der Waals surface area contributed by atoms with Crippen molar-refractivity contribution in [3.05, 3.63) is 64.6 Å². The van der Waals surface area contributed by atoms with Crippen LogP contribution < -0.4 is 10.7 Å². The minimum absolute atomic E-state index is 0.243. The monoisotopic (exact) mass is 423 g/mol. The molecule has 0 radical (unpaired) electrons. The van der Waals surface area contributed by atoms with Gasteiger partial charge in [0.25, 0.3) is 0 Å². The highest BCUT2D eigenvalue weighted by molar-refractivity contribution is 5.87. The van der Waals surface area contributed by atoms with Crippen LogP contribution in [0.3, 0.4) is 0 Å². The van der Waals surface area contributed by atoms with E-state index in [-0.39, 0.29) is 11.6 Å². The van der Waals surface area contributed by atoms with Gasteiger partial charge in [0.05, 0.1) is 17.5 Å². The van der Waals surface area contributed by atoms with E-state index >= 15 is 0 Å². The van der Waals surface area contributed by atoms with Gasteiger partial charge in [0, 0.05) is 44.2 Å². The molecular formula is C24H26FN3O3. The fraction of sp³-hybridized carbons (Fsp3) is 0.375. The van der Waals surface area contributed by atoms with E-state index in [1.807, 2.05) is 18.2 Å². The van der Waals surface area contributed by atoms with E-state index in [1.165, 1.54) is 6.07 Å². The van der Waals surface area contributed by atoms with Crippen molar-refractivity contribution in [1.29, 1.82) is 0 Å². The first-order valence-corrected chi connectivity index (χ1v) is 10.7. The van der Waals surface area contributed by atoms with Gasteiger partial charge in [-0.05, 0) is 56.2 Å². The Morgan fingerprint density at radius 2 is 1.90 bits per heavy atom. The topological polar surface area (TPSA) is 54.8 Å². The Balaban J connectivity index is 1.34. The van der Waals surface area contributed by atoms with Gasteiger partial charge in [-0.3, -0.25) is 9.47 Å². The zero-order valence-electron chi connectivity index (χ0n) is 18.0. The first kappa shape index (κ1) is 19.9. The van der Waals surface area contributed by atoms with E-state index in [9.17, 15) is 9.18 Å². The molecule has 0 aliphatic carbocycles. The second-order valence-electron chi connectivity index (χ2n) is 8.54. The molecular weight excluding hydrogens is 397 g/mol. The molecule has 0 N–H and O–H groups in total. The van der Waals surface area contributed by atoms with Crippen molar-refractivity contribution in [2.24, 2.45) is 7.05 Å². The molecule has 4 aromatic rings. The Morgan fingerprint density at radius 3 is 2.68 bits per heavy atom. The van der Waals surface area contributed by atoms with Crippen LogP contribution in [0.25, 0.3) is 22.1 Å². The van der Waals surface area contributed by atoms with Crippen LogP contribution >= 0.6 is 0 Å². The number of furan rings is 1. The highest BCUT2D eigenvalue weighted by Gasteiger charge is 2.31. The predicted octanol–water partition coefficient (Wildman–Crippen LogP) is 4.16. The summed E-state index contributed by atoms with van der Waals surface area (Å²) in [6.45, 7) is 6.98. The minimum Gasteiger partial charge on any atom is -0.464 e. The molecule has 1 aliphatic heterocycles. The van der Waals surface area contributed by atoms with Crippen LogP contribution in [0.5, 0.6) is 0 Å². The zero-order valence-corrected chi connectivity index (χ0v) is 18.0. The minimum atomic E-state index is -0.342. The number of hydrogen-bond donors (Lipinski definition) is 0. The molecule has 1 fully saturated rings. The van der Waals surface area contributed by atoms with Crippen LogP contribution in [0, 0.1) is 5.82 Å². The predicted molar refractivity (Wildman–Crippen MR) is 119 cm³/mol. The molecule has 1 saturated heterocycles. The van der Waals surface area contributed by atoms with E-state index < -0.39 is 0 Å². The third-order valence-corrected chi connectivity index (χ3v) is 6.50. The van der Waals surface area contributed by atoms with Crippen LogP contribution in [0.1, 0.15) is 19.4 Å². The summed E-state index contributed by atoms with van der Waals surface area (Å²) in [6, 6.07) is 11.2. The lowest BCUT2D eigenvalue weighted by Crippen LogP contribution is -2.57. The van der Waals surface area contributed by atoms with Crippen molar-refractivity contribution < 1.29 is 13.2 Å². The number of oxazole rings is 1. The van der Waals surface area contributed by atoms with Gasteiger partial charge in [0.1, 0.15) is 11.4 Å². The third-order valence-electron chi connectivity index (χ3n) is 6.50. The van der Waals surface area contributed by atoms with Crippen molar-refractivity contribution in [1.82, 2.24) is 9.47 Å². The van der Waals surface area contributed by atoms with Gasteiger partial charge in [-0.25, -0.2) is 9.18 Å². The lowest BCUT2D eigenvalue weighted by Gasteiger charge is -2.45. The highest BCUT2D eigenvalue weighted by atomic mass is 19.1. The maximum absolute atomic E-state index is 13.7. The number of piperazine rings is 1. The molecule has 162 valence electrons. The van der Waals surface area contributed by atoms with Crippen LogP contribution in [-0.4, -0.2) is 41.2 Å². The summed E-state index contributed by atoms with van der Waals surface area (Å²) < 4.78 is 26.3. The van der Waals surface area contributed by atoms with Gasteiger partial charge in [-0.15, -0.1) is 0 Å². The van der Waals surface area contributed by atoms with Gasteiger partial charge >= 0.3 is 5.76 Å². The van der Waals surface area contributed by atoms with Crippen molar-refractivity contribution in [3.8, 4) is 0 Å². The molecule has 5 rings (SSSR count). The molecule has 0 spiro atoms. The number of benzene rings is 2. The summed E-state index contributed by atoms with van der Waals surface area (Å²) in [5.74, 6) is -0.585. The molecule has 6 nitrogen and oxygen atoms in total.